The van der Waals surface area contributed by atoms with Crippen LogP contribution in [0.15, 0.2) is 30.3 Å². The van der Waals surface area contributed by atoms with Gasteiger partial charge in [0.05, 0.1) is 13.7 Å². The molecule has 150 valence electrons. The normalized spacial score (nSPS) is 14.0. The molecule has 0 radical (unpaired) electrons. The number of esters is 1. The third-order valence-electron chi connectivity index (χ3n) is 4.99. The molecule has 1 aromatic carbocycles. The van der Waals surface area contributed by atoms with Gasteiger partial charge in [-0.15, -0.1) is 0 Å². The maximum Gasteiger partial charge on any atom is 0.320 e. The number of halogens is 1. The van der Waals surface area contributed by atoms with Crippen LogP contribution in [0.1, 0.15) is 32.8 Å². The van der Waals surface area contributed by atoms with Crippen molar-refractivity contribution in [3.8, 4) is 0 Å². The molecule has 1 aromatic rings. The molecule has 5 nitrogen and oxygen atoms in total. The first-order valence-electron chi connectivity index (χ1n) is 8.78. The number of hydrogen-bond donors (Lipinski definition) is 1. The first kappa shape index (κ1) is 23.0. The number of carboxylic acid groups (broad SMARTS) is 1. The van der Waals surface area contributed by atoms with Crippen molar-refractivity contribution in [3.05, 3.63) is 41.7 Å². The summed E-state index contributed by atoms with van der Waals surface area (Å²) in [6.45, 7) is 10.9. The lowest BCUT2D eigenvalue weighted by molar-refractivity contribution is -0.156. The van der Waals surface area contributed by atoms with E-state index in [-0.39, 0.29) is 23.9 Å². The lowest BCUT2D eigenvalue weighted by Crippen LogP contribution is -2.41. The van der Waals surface area contributed by atoms with Crippen LogP contribution < -0.4 is 0 Å². The molecule has 7 heteroatoms. The highest BCUT2D eigenvalue weighted by atomic mass is 28.4. The van der Waals surface area contributed by atoms with Gasteiger partial charge in [0, 0.05) is 0 Å². The van der Waals surface area contributed by atoms with Gasteiger partial charge >= 0.3 is 11.9 Å². The van der Waals surface area contributed by atoms with Crippen LogP contribution in [0.25, 0.3) is 5.57 Å². The fourth-order valence-corrected chi connectivity index (χ4v) is 3.05. The van der Waals surface area contributed by atoms with Crippen LogP contribution >= 0.6 is 0 Å². The Bertz CT molecular complexity index is 689. The summed E-state index contributed by atoms with van der Waals surface area (Å²) < 4.78 is 24.1. The highest BCUT2D eigenvalue weighted by Crippen LogP contribution is 2.37. The Hall–Kier alpha value is -1.99. The zero-order valence-electron chi connectivity index (χ0n) is 16.8. The number of ether oxygens (including phenoxy) is 1. The highest BCUT2D eigenvalue weighted by molar-refractivity contribution is 6.74. The first-order valence-corrected chi connectivity index (χ1v) is 11.7. The van der Waals surface area contributed by atoms with E-state index >= 15 is 0 Å². The fraction of sp³-hybridized carbons (Fsp3) is 0.500. The zero-order valence-corrected chi connectivity index (χ0v) is 17.8. The predicted molar refractivity (Wildman–Crippen MR) is 105 cm³/mol. The molecule has 1 atom stereocenters. The molecular weight excluding hydrogens is 367 g/mol. The van der Waals surface area contributed by atoms with Gasteiger partial charge in [-0.3, -0.25) is 9.59 Å². The van der Waals surface area contributed by atoms with Crippen LogP contribution in [0.4, 0.5) is 4.39 Å². The van der Waals surface area contributed by atoms with Gasteiger partial charge in [-0.25, -0.2) is 4.39 Å². The number of carbonyl (C=O) groups excluding carboxylic acids is 1. The van der Waals surface area contributed by atoms with Crippen LogP contribution in [-0.2, 0) is 18.8 Å². The number of methoxy groups -OCH3 is 1. The summed E-state index contributed by atoms with van der Waals surface area (Å²) in [6, 6.07) is 5.91. The quantitative estimate of drug-likeness (QED) is 0.398. The fourth-order valence-electron chi connectivity index (χ4n) is 2.10. The van der Waals surface area contributed by atoms with Crippen molar-refractivity contribution in [3.63, 3.8) is 0 Å². The molecule has 0 amide bonds. The Balaban J connectivity index is 3.12. The summed E-state index contributed by atoms with van der Waals surface area (Å²) in [5.74, 6) is -3.70. The second kappa shape index (κ2) is 9.28. The van der Waals surface area contributed by atoms with Crippen LogP contribution in [0.5, 0.6) is 0 Å². The van der Waals surface area contributed by atoms with E-state index in [2.05, 4.69) is 38.6 Å². The molecule has 0 heterocycles. The van der Waals surface area contributed by atoms with Crippen molar-refractivity contribution in [1.82, 2.24) is 0 Å². The molecular formula is C20H29FO5Si. The summed E-state index contributed by atoms with van der Waals surface area (Å²) >= 11 is 0. The van der Waals surface area contributed by atoms with E-state index in [1.165, 1.54) is 12.1 Å². The first-order chi connectivity index (χ1) is 12.4. The lowest BCUT2D eigenvalue weighted by atomic mass is 10.00. The van der Waals surface area contributed by atoms with E-state index in [9.17, 15) is 19.1 Å². The molecule has 0 saturated heterocycles. The summed E-state index contributed by atoms with van der Waals surface area (Å²) in [5.41, 5.74) is 1.44. The second-order valence-electron chi connectivity index (χ2n) is 7.93. The minimum Gasteiger partial charge on any atom is -0.481 e. The van der Waals surface area contributed by atoms with Crippen LogP contribution in [0.3, 0.4) is 0 Å². The smallest absolute Gasteiger partial charge is 0.320 e. The maximum atomic E-state index is 13.3. The average Bonchev–Trinajstić information content (AvgIpc) is 2.57. The molecule has 0 aliphatic carbocycles. The Kier molecular flexibility index (Phi) is 7.92. The SMILES string of the molecule is COC(=O)C(C/C=C(\CO[Si](C)(C)C(C)(C)C)c1ccc(F)cc1)C(=O)O. The topological polar surface area (TPSA) is 72.8 Å². The zero-order chi connectivity index (χ0) is 20.8. The van der Waals surface area contributed by atoms with Crippen molar-refractivity contribution < 1.29 is 28.2 Å². The van der Waals surface area contributed by atoms with Gasteiger partial charge < -0.3 is 14.3 Å². The van der Waals surface area contributed by atoms with E-state index in [0.29, 0.717) is 0 Å². The van der Waals surface area contributed by atoms with E-state index in [1.54, 1.807) is 18.2 Å². The summed E-state index contributed by atoms with van der Waals surface area (Å²) in [6.07, 6.45) is 1.63. The van der Waals surface area contributed by atoms with E-state index < -0.39 is 26.2 Å². The van der Waals surface area contributed by atoms with Crippen molar-refractivity contribution in [2.24, 2.45) is 5.92 Å². The largest absolute Gasteiger partial charge is 0.481 e. The number of rotatable bonds is 8. The van der Waals surface area contributed by atoms with Crippen molar-refractivity contribution in [1.29, 1.82) is 0 Å². The third kappa shape index (κ3) is 6.59. The molecule has 0 aliphatic heterocycles. The number of allylic oxidation sites excluding steroid dienone is 1. The molecule has 0 fully saturated rings. The van der Waals surface area contributed by atoms with Gasteiger partial charge in [0.1, 0.15) is 5.82 Å². The molecule has 27 heavy (non-hydrogen) atoms. The average molecular weight is 397 g/mol. The van der Waals surface area contributed by atoms with Gasteiger partial charge in [0.15, 0.2) is 14.2 Å². The Labute approximate surface area is 161 Å². The Morgan fingerprint density at radius 2 is 1.78 bits per heavy atom. The summed E-state index contributed by atoms with van der Waals surface area (Å²) in [7, 11) is -0.885. The molecule has 0 aliphatic rings. The second-order valence-corrected chi connectivity index (χ2v) is 12.7. The number of aliphatic carboxylic acids is 1. The van der Waals surface area contributed by atoms with Crippen molar-refractivity contribution in [2.75, 3.05) is 13.7 Å². The maximum absolute atomic E-state index is 13.3. The Morgan fingerprint density at radius 1 is 1.22 bits per heavy atom. The third-order valence-corrected chi connectivity index (χ3v) is 9.47. The van der Waals surface area contributed by atoms with E-state index in [4.69, 9.17) is 4.43 Å². The van der Waals surface area contributed by atoms with Gasteiger partial charge in [0.2, 0.25) is 0 Å². The summed E-state index contributed by atoms with van der Waals surface area (Å²) in [4.78, 5) is 23.0. The standard InChI is InChI=1S/C20H29FO5Si/c1-20(2,3)27(5,6)26-13-15(14-7-10-16(21)11-8-14)9-12-17(18(22)23)19(24)25-4/h7-11,17H,12-13H2,1-6H3,(H,22,23)/b15-9+. The Morgan fingerprint density at radius 3 is 2.22 bits per heavy atom. The lowest BCUT2D eigenvalue weighted by Gasteiger charge is -2.36. The minimum atomic E-state index is -2.04. The van der Waals surface area contributed by atoms with Gasteiger partial charge in [-0.05, 0) is 47.8 Å². The van der Waals surface area contributed by atoms with Crippen LogP contribution in [0, 0.1) is 11.7 Å². The number of hydrogen-bond acceptors (Lipinski definition) is 4. The molecule has 1 N–H and O–H groups in total. The highest BCUT2D eigenvalue weighted by Gasteiger charge is 2.37. The number of carbonyl (C=O) groups is 2. The molecule has 1 unspecified atom stereocenters. The van der Waals surface area contributed by atoms with Crippen LogP contribution in [0.2, 0.25) is 18.1 Å². The van der Waals surface area contributed by atoms with Gasteiger partial charge in [-0.1, -0.05) is 39.0 Å². The van der Waals surface area contributed by atoms with Crippen molar-refractivity contribution >= 4 is 25.8 Å². The monoisotopic (exact) mass is 396 g/mol. The molecule has 1 rings (SSSR count). The molecule has 0 aromatic heterocycles. The summed E-state index contributed by atoms with van der Waals surface area (Å²) in [5, 5.41) is 9.27. The van der Waals surface area contributed by atoms with Crippen molar-refractivity contribution in [2.45, 2.75) is 45.3 Å². The molecule has 0 bridgehead atoms. The number of benzene rings is 1. The van der Waals surface area contributed by atoms with Gasteiger partial charge in [0.25, 0.3) is 0 Å². The molecule has 0 saturated carbocycles. The van der Waals surface area contributed by atoms with Gasteiger partial charge in [-0.2, -0.15) is 0 Å². The van der Waals surface area contributed by atoms with E-state index in [1.807, 2.05) is 0 Å². The van der Waals surface area contributed by atoms with Crippen LogP contribution in [-0.4, -0.2) is 39.1 Å². The predicted octanol–water partition coefficient (Wildman–Crippen LogP) is 4.49. The molecule has 0 spiro atoms. The number of carboxylic acids is 1. The van der Waals surface area contributed by atoms with E-state index in [0.717, 1.165) is 18.2 Å². The minimum absolute atomic E-state index is 0.0104.